The van der Waals surface area contributed by atoms with Crippen molar-refractivity contribution in [1.29, 1.82) is 0 Å². The zero-order chi connectivity index (χ0) is 14.0. The Kier molecular flexibility index (Phi) is 4.65. The first kappa shape index (κ1) is 14.8. The maximum absolute atomic E-state index is 6.21. The lowest BCUT2D eigenvalue weighted by molar-refractivity contribution is -0.129. The average Bonchev–Trinajstić information content (AvgIpc) is 3.30. The minimum absolute atomic E-state index is 0.151. The van der Waals surface area contributed by atoms with E-state index in [-0.39, 0.29) is 17.7 Å². The first-order chi connectivity index (χ1) is 9.78. The van der Waals surface area contributed by atoms with Gasteiger partial charge in [-0.2, -0.15) is 0 Å². The number of hydrazine groups is 1. The van der Waals surface area contributed by atoms with Crippen LogP contribution in [0.25, 0.3) is 0 Å². The summed E-state index contributed by atoms with van der Waals surface area (Å²) in [7, 11) is 1.84. The fourth-order valence-electron chi connectivity index (χ4n) is 4.47. The van der Waals surface area contributed by atoms with E-state index in [1.54, 1.807) is 0 Å². The van der Waals surface area contributed by atoms with Gasteiger partial charge in [0.15, 0.2) is 0 Å². The second kappa shape index (κ2) is 6.30. The summed E-state index contributed by atoms with van der Waals surface area (Å²) in [4.78, 5) is 0. The minimum atomic E-state index is 0.151. The van der Waals surface area contributed by atoms with Crippen LogP contribution in [0.2, 0.25) is 0 Å². The lowest BCUT2D eigenvalue weighted by Gasteiger charge is -2.46. The van der Waals surface area contributed by atoms with Crippen LogP contribution in [0.15, 0.2) is 0 Å². The van der Waals surface area contributed by atoms with E-state index in [4.69, 9.17) is 15.3 Å². The number of hydrogen-bond acceptors (Lipinski definition) is 4. The molecule has 20 heavy (non-hydrogen) atoms. The summed E-state index contributed by atoms with van der Waals surface area (Å²) >= 11 is 0. The van der Waals surface area contributed by atoms with E-state index >= 15 is 0 Å². The molecule has 0 aromatic rings. The summed E-state index contributed by atoms with van der Waals surface area (Å²) in [6.45, 7) is 0.893. The molecule has 3 atom stereocenters. The number of rotatable bonds is 5. The van der Waals surface area contributed by atoms with Crippen LogP contribution in [-0.4, -0.2) is 31.5 Å². The molecule has 0 radical (unpaired) electrons. The van der Waals surface area contributed by atoms with Crippen LogP contribution >= 0.6 is 0 Å². The van der Waals surface area contributed by atoms with Gasteiger partial charge in [0.05, 0.1) is 17.7 Å². The smallest absolute Gasteiger partial charge is 0.0768 e. The second-order valence-corrected chi connectivity index (χ2v) is 7.08. The van der Waals surface area contributed by atoms with Crippen LogP contribution < -0.4 is 11.3 Å². The summed E-state index contributed by atoms with van der Waals surface area (Å²) in [6.07, 6.45) is 11.6. The van der Waals surface area contributed by atoms with Gasteiger partial charge in [-0.15, -0.1) is 0 Å². The van der Waals surface area contributed by atoms with Crippen LogP contribution in [-0.2, 0) is 9.47 Å². The van der Waals surface area contributed by atoms with Crippen molar-refractivity contribution < 1.29 is 9.47 Å². The van der Waals surface area contributed by atoms with E-state index in [1.165, 1.54) is 44.9 Å². The minimum Gasteiger partial charge on any atom is -0.379 e. The second-order valence-electron chi connectivity index (χ2n) is 7.08. The van der Waals surface area contributed by atoms with Crippen molar-refractivity contribution in [2.45, 2.75) is 75.5 Å². The van der Waals surface area contributed by atoms with Gasteiger partial charge >= 0.3 is 0 Å². The first-order valence-electron chi connectivity index (χ1n) is 8.41. The number of nitrogens with two attached hydrogens (primary N) is 1. The monoisotopic (exact) mass is 282 g/mol. The van der Waals surface area contributed by atoms with Crippen molar-refractivity contribution in [3.63, 3.8) is 0 Å². The fourth-order valence-corrected chi connectivity index (χ4v) is 4.47. The van der Waals surface area contributed by atoms with Crippen molar-refractivity contribution in [2.24, 2.45) is 17.7 Å². The van der Waals surface area contributed by atoms with Gasteiger partial charge in [0, 0.05) is 13.7 Å². The van der Waals surface area contributed by atoms with Crippen molar-refractivity contribution in [2.75, 3.05) is 13.7 Å². The summed E-state index contributed by atoms with van der Waals surface area (Å²) < 4.78 is 12.0. The third-order valence-corrected chi connectivity index (χ3v) is 5.71. The summed E-state index contributed by atoms with van der Waals surface area (Å²) in [5, 5.41) is 0. The molecule has 0 aromatic heterocycles. The third-order valence-electron chi connectivity index (χ3n) is 5.71. The lowest BCUT2D eigenvalue weighted by Crippen LogP contribution is -2.55. The number of nitrogens with one attached hydrogen (secondary N) is 1. The highest BCUT2D eigenvalue weighted by molar-refractivity contribution is 4.98. The Balaban J connectivity index is 1.67. The number of hydrogen-bond donors (Lipinski definition) is 2. The SMILES string of the molecule is COC(C1CC1)C(NN)C1CCOC2(CCCCC2)C1. The predicted molar refractivity (Wildman–Crippen MR) is 79.1 cm³/mol. The number of methoxy groups -OCH3 is 1. The van der Waals surface area contributed by atoms with Gasteiger partial charge in [-0.25, -0.2) is 0 Å². The zero-order valence-corrected chi connectivity index (χ0v) is 12.8. The molecule has 0 bridgehead atoms. The Morgan fingerprint density at radius 1 is 1.15 bits per heavy atom. The van der Waals surface area contributed by atoms with E-state index < -0.39 is 0 Å². The van der Waals surface area contributed by atoms with Crippen LogP contribution in [0.1, 0.15) is 57.8 Å². The lowest BCUT2D eigenvalue weighted by atomic mass is 9.73. The van der Waals surface area contributed by atoms with E-state index in [0.717, 1.165) is 19.4 Å². The predicted octanol–water partition coefficient (Wildman–Crippen LogP) is 2.37. The Morgan fingerprint density at radius 3 is 2.50 bits per heavy atom. The molecule has 1 spiro atoms. The van der Waals surface area contributed by atoms with Gasteiger partial charge in [0.25, 0.3) is 0 Å². The zero-order valence-electron chi connectivity index (χ0n) is 12.8. The van der Waals surface area contributed by atoms with E-state index in [1.807, 2.05) is 7.11 Å². The summed E-state index contributed by atoms with van der Waals surface area (Å²) in [6, 6.07) is 0.287. The standard InChI is InChI=1S/C16H30N2O2/c1-19-15(12-5-6-12)14(18-17)13-7-10-20-16(11-13)8-3-2-4-9-16/h12-15,18H,2-11,17H2,1H3. The molecule has 1 saturated heterocycles. The molecule has 2 aliphatic carbocycles. The van der Waals surface area contributed by atoms with E-state index in [2.05, 4.69) is 5.43 Å². The average molecular weight is 282 g/mol. The molecule has 1 heterocycles. The topological polar surface area (TPSA) is 56.5 Å². The normalized spacial score (nSPS) is 33.0. The quantitative estimate of drug-likeness (QED) is 0.600. The Hall–Kier alpha value is -0.160. The Labute approximate surface area is 122 Å². The van der Waals surface area contributed by atoms with Gasteiger partial charge in [-0.1, -0.05) is 19.3 Å². The van der Waals surface area contributed by atoms with Gasteiger partial charge < -0.3 is 9.47 Å². The maximum atomic E-state index is 6.21. The van der Waals surface area contributed by atoms with Crippen molar-refractivity contribution in [1.82, 2.24) is 5.43 Å². The van der Waals surface area contributed by atoms with Crippen LogP contribution in [0, 0.1) is 11.8 Å². The largest absolute Gasteiger partial charge is 0.379 e. The van der Waals surface area contributed by atoms with Gasteiger partial charge in [-0.3, -0.25) is 11.3 Å². The highest BCUT2D eigenvalue weighted by atomic mass is 16.5. The molecule has 4 nitrogen and oxygen atoms in total. The molecule has 3 aliphatic rings. The molecular formula is C16H30N2O2. The highest BCUT2D eigenvalue weighted by Crippen LogP contribution is 2.44. The first-order valence-corrected chi connectivity index (χ1v) is 8.41. The molecule has 3 N–H and O–H groups in total. The molecule has 3 rings (SSSR count). The summed E-state index contributed by atoms with van der Waals surface area (Å²) in [5.41, 5.74) is 3.24. The van der Waals surface area contributed by atoms with E-state index in [0.29, 0.717) is 11.8 Å². The molecule has 1 aliphatic heterocycles. The third kappa shape index (κ3) is 3.03. The molecule has 3 unspecified atom stereocenters. The van der Waals surface area contributed by atoms with Gasteiger partial charge in [0.2, 0.25) is 0 Å². The Morgan fingerprint density at radius 2 is 1.90 bits per heavy atom. The molecule has 2 saturated carbocycles. The van der Waals surface area contributed by atoms with Crippen LogP contribution in [0.3, 0.4) is 0 Å². The van der Waals surface area contributed by atoms with E-state index in [9.17, 15) is 0 Å². The molecule has 116 valence electrons. The summed E-state index contributed by atoms with van der Waals surface area (Å²) in [5.74, 6) is 7.20. The van der Waals surface area contributed by atoms with Crippen LogP contribution in [0.5, 0.6) is 0 Å². The fraction of sp³-hybridized carbons (Fsp3) is 1.00. The molecule has 0 amide bonds. The van der Waals surface area contributed by atoms with Crippen molar-refractivity contribution >= 4 is 0 Å². The molecule has 3 fully saturated rings. The maximum Gasteiger partial charge on any atom is 0.0768 e. The molecule has 0 aromatic carbocycles. The molecule has 4 heteroatoms. The number of ether oxygens (including phenoxy) is 2. The Bertz CT molecular complexity index is 308. The van der Waals surface area contributed by atoms with Gasteiger partial charge in [0.1, 0.15) is 0 Å². The van der Waals surface area contributed by atoms with Crippen molar-refractivity contribution in [3.05, 3.63) is 0 Å². The van der Waals surface area contributed by atoms with Crippen LogP contribution in [0.4, 0.5) is 0 Å². The van der Waals surface area contributed by atoms with Gasteiger partial charge in [-0.05, 0) is 50.4 Å². The highest BCUT2D eigenvalue weighted by Gasteiger charge is 2.45. The molecular weight excluding hydrogens is 252 g/mol. The van der Waals surface area contributed by atoms with Crippen molar-refractivity contribution in [3.8, 4) is 0 Å².